The third-order valence-corrected chi connectivity index (χ3v) is 2.93. The maximum absolute atomic E-state index is 2.20. The molecule has 152 valence electrons. The van der Waals surface area contributed by atoms with Crippen LogP contribution < -0.4 is 86.8 Å². The van der Waals surface area contributed by atoms with Crippen molar-refractivity contribution in [2.75, 3.05) is 0 Å². The van der Waals surface area contributed by atoms with E-state index in [4.69, 9.17) is 0 Å². The average molecular weight is 544 g/mol. The summed E-state index contributed by atoms with van der Waals surface area (Å²) in [5, 5.41) is 0. The molecule has 0 aliphatic rings. The molecule has 0 aromatic heterocycles. The van der Waals surface area contributed by atoms with Gasteiger partial charge in [0.2, 0.25) is 0 Å². The normalized spacial score (nSPS) is 6.74. The van der Waals surface area contributed by atoms with E-state index in [1.165, 1.54) is 11.1 Å². The van der Waals surface area contributed by atoms with E-state index >= 15 is 0 Å². The summed E-state index contributed by atoms with van der Waals surface area (Å²) in [5.41, 5.74) is 2.83. The van der Waals surface area contributed by atoms with Gasteiger partial charge in [-0.3, -0.25) is 0 Å². The molecule has 0 atom stereocenters. The van der Waals surface area contributed by atoms with Crippen molar-refractivity contribution in [3.63, 3.8) is 0 Å². The molecule has 0 fully saturated rings. The number of hydrogen-bond acceptors (Lipinski definition) is 0. The van der Waals surface area contributed by atoms with E-state index in [9.17, 15) is 0 Å². The molecule has 0 spiro atoms. The molecule has 0 unspecified atom stereocenters. The molecule has 0 bridgehead atoms. The molecule has 0 saturated heterocycles. The van der Waals surface area contributed by atoms with Gasteiger partial charge in [0.15, 0.2) is 0 Å². The largest absolute Gasteiger partial charge is 3.00 e. The average Bonchev–Trinajstić information content (AvgIpc) is 2.41. The van der Waals surface area contributed by atoms with Crippen LogP contribution in [-0.2, 0) is 0 Å². The number of halogens is 7. The topological polar surface area (TPSA) is 0 Å². The first-order chi connectivity index (χ1) is 8.61. The zero-order valence-corrected chi connectivity index (χ0v) is 23.3. The van der Waals surface area contributed by atoms with Crippen molar-refractivity contribution < 1.29 is 88.3 Å². The molecule has 0 heterocycles. The molecule has 9 heteroatoms. The molecule has 0 radical (unpaired) electrons. The second kappa shape index (κ2) is 35.0. The molecule has 0 N–H and O–H groups in total. The molecule has 2 rings (SSSR count). The van der Waals surface area contributed by atoms with Gasteiger partial charge in [-0.1, -0.05) is 88.4 Å². The summed E-state index contributed by atoms with van der Waals surface area (Å²) in [4.78, 5) is 0. The van der Waals surface area contributed by atoms with Gasteiger partial charge in [-0.2, -0.15) is 0 Å². The quantitative estimate of drug-likeness (QED) is 0.331. The van der Waals surface area contributed by atoms with Crippen molar-refractivity contribution >= 4 is 34.7 Å². The second-order valence-electron chi connectivity index (χ2n) is 5.13. The molecule has 0 saturated carbocycles. The van der Waals surface area contributed by atoms with Gasteiger partial charge >= 0.3 is 36.1 Å². The smallest absolute Gasteiger partial charge is 1.00 e. The van der Waals surface area contributed by atoms with E-state index in [2.05, 4.69) is 76.2 Å². The predicted octanol–water partition coefficient (Wildman–Crippen LogP) is -16.0. The van der Waals surface area contributed by atoms with Gasteiger partial charge in [-0.05, 0) is 23.0 Å². The molecule has 0 aliphatic carbocycles. The van der Waals surface area contributed by atoms with E-state index in [0.717, 1.165) is 0 Å². The van der Waals surface area contributed by atoms with Crippen molar-refractivity contribution in [2.24, 2.45) is 0 Å². The van der Waals surface area contributed by atoms with Gasteiger partial charge in [-0.25, -0.2) is 0 Å². The molecular weight excluding hydrogens is 518 g/mol. The zero-order chi connectivity index (χ0) is 13.4. The summed E-state index contributed by atoms with van der Waals surface area (Å²) >= 11 is 0. The first kappa shape index (κ1) is 56.7. The Hall–Kier alpha value is 1.53. The SMILES string of the molecule is CC(C)c1ccccc1.CC(C)c1ccccc1.[Al+3].[Al+3].[Cl-].[Cl-].[Cl-].[Cl-].[Cl-].[Cl-].[Cl-].[H+]. The van der Waals surface area contributed by atoms with Crippen molar-refractivity contribution in [3.05, 3.63) is 71.8 Å². The third-order valence-electron chi connectivity index (χ3n) is 2.93. The molecule has 27 heavy (non-hydrogen) atoms. The van der Waals surface area contributed by atoms with Gasteiger partial charge in [0, 0.05) is 0 Å². The summed E-state index contributed by atoms with van der Waals surface area (Å²) in [6.07, 6.45) is 0. The van der Waals surface area contributed by atoms with Gasteiger partial charge < -0.3 is 86.8 Å². The Morgan fingerprint density at radius 3 is 0.741 bits per heavy atom. The van der Waals surface area contributed by atoms with Crippen LogP contribution >= 0.6 is 0 Å². The van der Waals surface area contributed by atoms with Crippen LogP contribution in [0, 0.1) is 0 Å². The van der Waals surface area contributed by atoms with E-state index in [1.54, 1.807) is 0 Å². The number of rotatable bonds is 2. The monoisotopic (exact) mass is 540 g/mol. The van der Waals surface area contributed by atoms with Crippen LogP contribution in [-0.4, -0.2) is 34.7 Å². The van der Waals surface area contributed by atoms with Crippen LogP contribution in [0.4, 0.5) is 0 Å². The van der Waals surface area contributed by atoms with Crippen LogP contribution in [0.15, 0.2) is 60.7 Å². The summed E-state index contributed by atoms with van der Waals surface area (Å²) in [6.45, 7) is 8.81. The van der Waals surface area contributed by atoms with E-state index in [1.807, 2.05) is 12.1 Å². The van der Waals surface area contributed by atoms with Crippen molar-refractivity contribution in [3.8, 4) is 0 Å². The molecule has 2 aromatic carbocycles. The van der Waals surface area contributed by atoms with E-state index < -0.39 is 0 Å². The van der Waals surface area contributed by atoms with Gasteiger partial charge in [0.1, 0.15) is 0 Å². The minimum Gasteiger partial charge on any atom is -1.00 e. The second-order valence-corrected chi connectivity index (χ2v) is 5.13. The van der Waals surface area contributed by atoms with Crippen LogP contribution in [0.1, 0.15) is 52.1 Å². The maximum Gasteiger partial charge on any atom is 3.00 e. The first-order valence-corrected chi connectivity index (χ1v) is 6.71. The van der Waals surface area contributed by atoms with E-state index in [0.29, 0.717) is 11.8 Å². The predicted molar refractivity (Wildman–Crippen MR) is 93.7 cm³/mol. The number of benzene rings is 2. The Morgan fingerprint density at radius 2 is 0.630 bits per heavy atom. The molecule has 0 nitrogen and oxygen atoms in total. The first-order valence-electron chi connectivity index (χ1n) is 6.71. The van der Waals surface area contributed by atoms with Crippen LogP contribution in [0.25, 0.3) is 0 Å². The summed E-state index contributed by atoms with van der Waals surface area (Å²) in [7, 11) is 0. The fourth-order valence-electron chi connectivity index (χ4n) is 1.68. The van der Waals surface area contributed by atoms with Crippen molar-refractivity contribution in [1.82, 2.24) is 0 Å². The molecule has 0 aliphatic heterocycles. The fraction of sp³-hybridized carbons (Fsp3) is 0.333. The third kappa shape index (κ3) is 27.5. The number of hydrogen-bond donors (Lipinski definition) is 0. The van der Waals surface area contributed by atoms with Gasteiger partial charge in [0.05, 0.1) is 0 Å². The van der Waals surface area contributed by atoms with Crippen molar-refractivity contribution in [2.45, 2.75) is 39.5 Å². The molecule has 0 amide bonds. The van der Waals surface area contributed by atoms with Crippen LogP contribution in [0.5, 0.6) is 0 Å². The zero-order valence-electron chi connectivity index (χ0n) is 16.7. The van der Waals surface area contributed by atoms with Gasteiger partial charge in [0.25, 0.3) is 0 Å². The Morgan fingerprint density at radius 1 is 0.444 bits per heavy atom. The van der Waals surface area contributed by atoms with Gasteiger partial charge in [-0.15, -0.1) is 0 Å². The minimum atomic E-state index is 0. The maximum atomic E-state index is 2.20. The summed E-state index contributed by atoms with van der Waals surface area (Å²) in [6, 6.07) is 21.0. The summed E-state index contributed by atoms with van der Waals surface area (Å²) < 4.78 is 0. The molecular formula is C18H25Al2Cl7. The van der Waals surface area contributed by atoms with E-state index in [-0.39, 0.29) is 123 Å². The van der Waals surface area contributed by atoms with Crippen molar-refractivity contribution in [1.29, 1.82) is 0 Å². The summed E-state index contributed by atoms with van der Waals surface area (Å²) in [5.74, 6) is 1.32. The van der Waals surface area contributed by atoms with Crippen LogP contribution in [0.2, 0.25) is 0 Å². The Kier molecular flexibility index (Phi) is 73.5. The fourth-order valence-corrected chi connectivity index (χ4v) is 1.68. The van der Waals surface area contributed by atoms with Crippen LogP contribution in [0.3, 0.4) is 0 Å². The standard InChI is InChI=1S/2C9H12.2Al.7ClH/c2*1-8(2)9-6-4-3-5-7-9;;;;;;;;;/h2*3-8H,1-2H3;;;7*1H/q;;2*+3;;;;;;;/p-6. The Labute approximate surface area is 232 Å². The Bertz CT molecular complexity index is 407. The molecule has 2 aromatic rings. The minimum absolute atomic E-state index is 0. The Balaban J connectivity index is -0.0000000213.